The van der Waals surface area contributed by atoms with Crippen molar-refractivity contribution in [2.75, 3.05) is 20.1 Å². The molecule has 0 atom stereocenters. The summed E-state index contributed by atoms with van der Waals surface area (Å²) in [6.45, 7) is 2.17. The molecule has 21 heavy (non-hydrogen) atoms. The predicted octanol–water partition coefficient (Wildman–Crippen LogP) is 2.91. The van der Waals surface area contributed by atoms with Crippen LogP contribution in [-0.2, 0) is 6.54 Å². The number of nitrogens with one attached hydrogen (secondary N) is 1. The normalized spacial score (nSPS) is 10.4. The highest BCUT2D eigenvalue weighted by molar-refractivity contribution is 5.70. The summed E-state index contributed by atoms with van der Waals surface area (Å²) in [5, 5.41) is 2.75. The van der Waals surface area contributed by atoms with E-state index in [1.54, 1.807) is 12.1 Å². The molecule has 2 aromatic rings. The first kappa shape index (κ1) is 15.1. The van der Waals surface area contributed by atoms with Gasteiger partial charge in [0.2, 0.25) is 0 Å². The summed E-state index contributed by atoms with van der Waals surface area (Å²) in [5.41, 5.74) is 1.26. The Balaban J connectivity index is 1.66. The predicted molar refractivity (Wildman–Crippen MR) is 83.2 cm³/mol. The largest absolute Gasteiger partial charge is 0.412 e. The number of nitrogens with zero attached hydrogens (tertiary/aromatic N) is 1. The van der Waals surface area contributed by atoms with E-state index < -0.39 is 6.09 Å². The first-order valence-corrected chi connectivity index (χ1v) is 6.97. The molecule has 1 N–H and O–H groups in total. The summed E-state index contributed by atoms with van der Waals surface area (Å²) >= 11 is 0. The van der Waals surface area contributed by atoms with Crippen LogP contribution < -0.4 is 10.1 Å². The third-order valence-corrected chi connectivity index (χ3v) is 3.01. The standard InChI is InChI=1S/C17H20N2O2/c1-19(14-15-8-4-2-5-9-15)13-12-18-17(20)21-16-10-6-3-7-11-16/h2-11H,12-14H2,1H3,(H,18,20). The molecule has 0 saturated heterocycles. The highest BCUT2D eigenvalue weighted by atomic mass is 16.6. The molecule has 0 spiro atoms. The lowest BCUT2D eigenvalue weighted by Crippen LogP contribution is -2.34. The second-order valence-electron chi connectivity index (χ2n) is 4.85. The van der Waals surface area contributed by atoms with E-state index in [2.05, 4.69) is 22.3 Å². The van der Waals surface area contributed by atoms with Gasteiger partial charge in [0.05, 0.1) is 0 Å². The second-order valence-corrected chi connectivity index (χ2v) is 4.85. The van der Waals surface area contributed by atoms with Crippen molar-refractivity contribution < 1.29 is 9.53 Å². The Labute approximate surface area is 125 Å². The van der Waals surface area contributed by atoms with Crippen molar-refractivity contribution in [2.24, 2.45) is 0 Å². The van der Waals surface area contributed by atoms with Crippen LogP contribution in [0.15, 0.2) is 60.7 Å². The first-order chi connectivity index (χ1) is 10.2. The minimum atomic E-state index is -0.422. The van der Waals surface area contributed by atoms with Crippen LogP contribution in [0.2, 0.25) is 0 Å². The first-order valence-electron chi connectivity index (χ1n) is 6.97. The van der Waals surface area contributed by atoms with E-state index in [0.717, 1.165) is 13.1 Å². The van der Waals surface area contributed by atoms with Gasteiger partial charge < -0.3 is 15.0 Å². The number of para-hydroxylation sites is 1. The zero-order valence-corrected chi connectivity index (χ0v) is 12.2. The molecule has 4 heteroatoms. The van der Waals surface area contributed by atoms with Crippen molar-refractivity contribution in [3.8, 4) is 5.75 Å². The van der Waals surface area contributed by atoms with Gasteiger partial charge in [-0.1, -0.05) is 48.5 Å². The van der Waals surface area contributed by atoms with Crippen LogP contribution in [0.25, 0.3) is 0 Å². The minimum Gasteiger partial charge on any atom is -0.410 e. The summed E-state index contributed by atoms with van der Waals surface area (Å²) in [5.74, 6) is 0.549. The van der Waals surface area contributed by atoms with E-state index in [1.807, 2.05) is 43.4 Å². The molecule has 0 heterocycles. The number of hydrogen-bond acceptors (Lipinski definition) is 3. The van der Waals surface area contributed by atoms with Crippen LogP contribution >= 0.6 is 0 Å². The molecule has 0 fully saturated rings. The van der Waals surface area contributed by atoms with E-state index in [1.165, 1.54) is 5.56 Å². The molecule has 0 aromatic heterocycles. The van der Waals surface area contributed by atoms with Crippen molar-refractivity contribution in [3.63, 3.8) is 0 Å². The smallest absolute Gasteiger partial charge is 0.410 e. The highest BCUT2D eigenvalue weighted by Crippen LogP contribution is 2.08. The summed E-state index contributed by atoms with van der Waals surface area (Å²) in [6.07, 6.45) is -0.422. The Morgan fingerprint density at radius 2 is 1.67 bits per heavy atom. The molecule has 0 aliphatic heterocycles. The molecular formula is C17H20N2O2. The van der Waals surface area contributed by atoms with Crippen molar-refractivity contribution >= 4 is 6.09 Å². The molecule has 0 saturated carbocycles. The molecule has 2 rings (SSSR count). The fourth-order valence-corrected chi connectivity index (χ4v) is 1.95. The number of ether oxygens (including phenoxy) is 1. The third kappa shape index (κ3) is 5.67. The summed E-state index contributed by atoms with van der Waals surface area (Å²) in [6, 6.07) is 19.3. The molecule has 1 amide bonds. The lowest BCUT2D eigenvalue weighted by atomic mass is 10.2. The van der Waals surface area contributed by atoms with E-state index in [0.29, 0.717) is 12.3 Å². The van der Waals surface area contributed by atoms with Crippen LogP contribution in [0.1, 0.15) is 5.56 Å². The number of carbonyl (C=O) groups is 1. The number of likely N-dealkylation sites (N-methyl/N-ethyl adjacent to an activating group) is 1. The van der Waals surface area contributed by atoms with Gasteiger partial charge in [-0.2, -0.15) is 0 Å². The maximum absolute atomic E-state index is 11.6. The van der Waals surface area contributed by atoms with Gasteiger partial charge in [-0.25, -0.2) is 4.79 Å². The minimum absolute atomic E-state index is 0.422. The number of hydrogen-bond donors (Lipinski definition) is 1. The Bertz CT molecular complexity index is 543. The number of carbonyl (C=O) groups excluding carboxylic acids is 1. The van der Waals surface area contributed by atoms with Crippen molar-refractivity contribution in [1.29, 1.82) is 0 Å². The lowest BCUT2D eigenvalue weighted by Gasteiger charge is -2.16. The molecule has 0 unspecified atom stereocenters. The van der Waals surface area contributed by atoms with Gasteiger partial charge in [0.25, 0.3) is 0 Å². The maximum atomic E-state index is 11.6. The molecule has 110 valence electrons. The summed E-state index contributed by atoms with van der Waals surface area (Å²) in [7, 11) is 2.03. The van der Waals surface area contributed by atoms with E-state index in [4.69, 9.17) is 4.74 Å². The van der Waals surface area contributed by atoms with Crippen LogP contribution in [0.3, 0.4) is 0 Å². The van der Waals surface area contributed by atoms with E-state index in [9.17, 15) is 4.79 Å². The quantitative estimate of drug-likeness (QED) is 0.887. The van der Waals surface area contributed by atoms with Gasteiger partial charge in [0.1, 0.15) is 5.75 Å². The Morgan fingerprint density at radius 3 is 2.33 bits per heavy atom. The molecule has 0 aliphatic rings. The molecule has 4 nitrogen and oxygen atoms in total. The number of amides is 1. The second kappa shape index (κ2) is 8.07. The fourth-order valence-electron chi connectivity index (χ4n) is 1.95. The van der Waals surface area contributed by atoms with Crippen molar-refractivity contribution in [3.05, 3.63) is 66.2 Å². The fraction of sp³-hybridized carbons (Fsp3) is 0.235. The van der Waals surface area contributed by atoms with Gasteiger partial charge in [-0.15, -0.1) is 0 Å². The molecule has 0 radical (unpaired) electrons. The van der Waals surface area contributed by atoms with E-state index in [-0.39, 0.29) is 0 Å². The topological polar surface area (TPSA) is 41.6 Å². The Kier molecular flexibility index (Phi) is 5.79. The van der Waals surface area contributed by atoms with Crippen LogP contribution in [0, 0.1) is 0 Å². The molecule has 0 bridgehead atoms. The number of benzene rings is 2. The van der Waals surface area contributed by atoms with Gasteiger partial charge in [-0.05, 0) is 24.7 Å². The van der Waals surface area contributed by atoms with Gasteiger partial charge >= 0.3 is 6.09 Å². The van der Waals surface area contributed by atoms with Gasteiger partial charge in [-0.3, -0.25) is 0 Å². The number of rotatable bonds is 6. The van der Waals surface area contributed by atoms with E-state index >= 15 is 0 Å². The van der Waals surface area contributed by atoms with Crippen molar-refractivity contribution in [1.82, 2.24) is 10.2 Å². The third-order valence-electron chi connectivity index (χ3n) is 3.01. The maximum Gasteiger partial charge on any atom is 0.412 e. The molecule has 2 aromatic carbocycles. The monoisotopic (exact) mass is 284 g/mol. The van der Waals surface area contributed by atoms with Gasteiger partial charge in [0.15, 0.2) is 0 Å². The molecule has 0 aliphatic carbocycles. The lowest BCUT2D eigenvalue weighted by molar-refractivity contribution is 0.198. The summed E-state index contributed by atoms with van der Waals surface area (Å²) in [4.78, 5) is 13.8. The summed E-state index contributed by atoms with van der Waals surface area (Å²) < 4.78 is 5.15. The van der Waals surface area contributed by atoms with Crippen LogP contribution in [-0.4, -0.2) is 31.1 Å². The van der Waals surface area contributed by atoms with Crippen molar-refractivity contribution in [2.45, 2.75) is 6.54 Å². The zero-order chi connectivity index (χ0) is 14.9. The highest BCUT2D eigenvalue weighted by Gasteiger charge is 2.04. The van der Waals surface area contributed by atoms with Crippen LogP contribution in [0.4, 0.5) is 4.79 Å². The van der Waals surface area contributed by atoms with Gasteiger partial charge in [0, 0.05) is 19.6 Å². The molecular weight excluding hydrogens is 264 g/mol. The average Bonchev–Trinajstić information content (AvgIpc) is 2.49. The average molecular weight is 284 g/mol. The van der Waals surface area contributed by atoms with Crippen LogP contribution in [0.5, 0.6) is 5.75 Å². The zero-order valence-electron chi connectivity index (χ0n) is 12.2. The SMILES string of the molecule is CN(CCNC(=O)Oc1ccccc1)Cc1ccccc1. The Morgan fingerprint density at radius 1 is 1.05 bits per heavy atom. The Hall–Kier alpha value is -2.33.